The summed E-state index contributed by atoms with van der Waals surface area (Å²) >= 11 is 6.05. The van der Waals surface area contributed by atoms with Crippen molar-refractivity contribution >= 4 is 11.6 Å². The Morgan fingerprint density at radius 3 is 2.48 bits per heavy atom. The molecule has 0 saturated heterocycles. The quantitative estimate of drug-likeness (QED) is 0.923. The highest BCUT2D eigenvalue weighted by molar-refractivity contribution is 6.32. The van der Waals surface area contributed by atoms with Gasteiger partial charge in [0.25, 0.3) is 0 Å². The van der Waals surface area contributed by atoms with Crippen LogP contribution in [0.25, 0.3) is 0 Å². The summed E-state index contributed by atoms with van der Waals surface area (Å²) in [6, 6.07) is 6.28. The lowest BCUT2D eigenvalue weighted by Gasteiger charge is -2.22. The zero-order valence-electron chi connectivity index (χ0n) is 10.8. The summed E-state index contributed by atoms with van der Waals surface area (Å²) in [5, 5.41) is 10.5. The van der Waals surface area contributed by atoms with Gasteiger partial charge in [0.2, 0.25) is 0 Å². The van der Waals surface area contributed by atoms with E-state index in [9.17, 15) is 13.9 Å². The fourth-order valence-corrected chi connectivity index (χ4v) is 2.50. The fraction of sp³-hybridized carbons (Fsp3) is 0.200. The van der Waals surface area contributed by atoms with Gasteiger partial charge in [-0.3, -0.25) is 0 Å². The van der Waals surface area contributed by atoms with E-state index >= 15 is 0 Å². The summed E-state index contributed by atoms with van der Waals surface area (Å²) in [7, 11) is 0. The minimum absolute atomic E-state index is 0.220. The van der Waals surface area contributed by atoms with Gasteiger partial charge in [0, 0.05) is 0 Å². The Hall–Kier alpha value is -1.85. The first-order chi connectivity index (χ1) is 10.1. The Balaban J connectivity index is 2.06. The van der Waals surface area contributed by atoms with Gasteiger partial charge in [-0.25, -0.2) is 8.78 Å². The summed E-state index contributed by atoms with van der Waals surface area (Å²) in [5.74, 6) is -0.936. The highest BCUT2D eigenvalue weighted by Gasteiger charge is 2.24. The minimum Gasteiger partial charge on any atom is -0.486 e. The highest BCUT2D eigenvalue weighted by atomic mass is 35.5. The van der Waals surface area contributed by atoms with Crippen LogP contribution in [-0.4, -0.2) is 18.3 Å². The van der Waals surface area contributed by atoms with Gasteiger partial charge in [-0.05, 0) is 29.8 Å². The standard InChI is InChI=1S/C15H11ClF2O3/c16-9-6-8(7-12-15(9)21-5-4-20-12)14(19)13-10(17)2-1-3-11(13)18/h1-3,6-7,14,19H,4-5H2. The normalized spacial score (nSPS) is 14.9. The van der Waals surface area contributed by atoms with Crippen LogP contribution in [0.2, 0.25) is 5.02 Å². The predicted octanol–water partition coefficient (Wildman–Crippen LogP) is 3.47. The molecule has 0 radical (unpaired) electrons. The number of halogens is 3. The largest absolute Gasteiger partial charge is 0.486 e. The summed E-state index contributed by atoms with van der Waals surface area (Å²) in [6.45, 7) is 0.716. The number of aliphatic hydroxyl groups excluding tert-OH is 1. The monoisotopic (exact) mass is 312 g/mol. The second-order valence-electron chi connectivity index (χ2n) is 4.56. The highest BCUT2D eigenvalue weighted by Crippen LogP contribution is 2.41. The summed E-state index contributed by atoms with van der Waals surface area (Å²) < 4.78 is 38.2. The Morgan fingerprint density at radius 2 is 1.76 bits per heavy atom. The second kappa shape index (κ2) is 5.50. The number of ether oxygens (including phenoxy) is 2. The lowest BCUT2D eigenvalue weighted by atomic mass is 10.00. The minimum atomic E-state index is -1.49. The van der Waals surface area contributed by atoms with Gasteiger partial charge in [0.1, 0.15) is 31.0 Å². The zero-order valence-corrected chi connectivity index (χ0v) is 11.5. The fourth-order valence-electron chi connectivity index (χ4n) is 2.23. The number of fused-ring (bicyclic) bond motifs is 1. The van der Waals surface area contributed by atoms with Gasteiger partial charge in [-0.1, -0.05) is 17.7 Å². The van der Waals surface area contributed by atoms with Crippen LogP contribution in [-0.2, 0) is 0 Å². The number of aliphatic hydroxyl groups is 1. The maximum absolute atomic E-state index is 13.7. The van der Waals surface area contributed by atoms with E-state index in [1.165, 1.54) is 18.2 Å². The molecule has 1 atom stereocenters. The zero-order chi connectivity index (χ0) is 15.0. The molecule has 1 N–H and O–H groups in total. The average molecular weight is 313 g/mol. The van der Waals surface area contributed by atoms with Crippen LogP contribution in [0, 0.1) is 11.6 Å². The average Bonchev–Trinajstić information content (AvgIpc) is 2.47. The van der Waals surface area contributed by atoms with E-state index in [1.54, 1.807) is 0 Å². The summed E-state index contributed by atoms with van der Waals surface area (Å²) in [6.07, 6.45) is -1.49. The molecule has 6 heteroatoms. The first-order valence-corrected chi connectivity index (χ1v) is 6.66. The molecule has 3 rings (SSSR count). The van der Waals surface area contributed by atoms with E-state index in [1.807, 2.05) is 0 Å². The van der Waals surface area contributed by atoms with Gasteiger partial charge in [0.05, 0.1) is 10.6 Å². The smallest absolute Gasteiger partial charge is 0.179 e. The predicted molar refractivity (Wildman–Crippen MR) is 72.9 cm³/mol. The van der Waals surface area contributed by atoms with Crippen LogP contribution in [0.4, 0.5) is 8.78 Å². The van der Waals surface area contributed by atoms with Gasteiger partial charge in [0.15, 0.2) is 11.5 Å². The molecule has 0 aromatic heterocycles. The molecule has 110 valence electrons. The molecule has 2 aromatic rings. The maximum Gasteiger partial charge on any atom is 0.179 e. The van der Waals surface area contributed by atoms with Gasteiger partial charge in [-0.15, -0.1) is 0 Å². The van der Waals surface area contributed by atoms with Crippen molar-refractivity contribution < 1.29 is 23.4 Å². The van der Waals surface area contributed by atoms with E-state index < -0.39 is 23.3 Å². The van der Waals surface area contributed by atoms with Gasteiger partial charge < -0.3 is 14.6 Å². The number of rotatable bonds is 2. The summed E-state index contributed by atoms with van der Waals surface area (Å²) in [5.41, 5.74) is -0.196. The van der Waals surface area contributed by atoms with Crippen molar-refractivity contribution in [3.63, 3.8) is 0 Å². The van der Waals surface area contributed by atoms with E-state index in [-0.39, 0.29) is 10.6 Å². The Kier molecular flexibility index (Phi) is 3.69. The SMILES string of the molecule is OC(c1cc(Cl)c2c(c1)OCCO2)c1c(F)cccc1F. The lowest BCUT2D eigenvalue weighted by Crippen LogP contribution is -2.16. The van der Waals surface area contributed by atoms with Crippen LogP contribution < -0.4 is 9.47 Å². The first kappa shape index (κ1) is 14.1. The van der Waals surface area contributed by atoms with Crippen molar-refractivity contribution in [2.24, 2.45) is 0 Å². The number of benzene rings is 2. The van der Waals surface area contributed by atoms with E-state index in [0.717, 1.165) is 12.1 Å². The van der Waals surface area contributed by atoms with Crippen molar-refractivity contribution in [3.05, 3.63) is 58.1 Å². The Morgan fingerprint density at radius 1 is 1.10 bits per heavy atom. The molecular formula is C15H11ClF2O3. The molecule has 1 unspecified atom stereocenters. The Labute approximate surface area is 124 Å². The van der Waals surface area contributed by atoms with Crippen molar-refractivity contribution in [1.82, 2.24) is 0 Å². The van der Waals surface area contributed by atoms with Gasteiger partial charge >= 0.3 is 0 Å². The van der Waals surface area contributed by atoms with E-state index in [4.69, 9.17) is 21.1 Å². The van der Waals surface area contributed by atoms with Crippen LogP contribution >= 0.6 is 11.6 Å². The maximum atomic E-state index is 13.7. The molecule has 1 heterocycles. The first-order valence-electron chi connectivity index (χ1n) is 6.29. The molecule has 0 fully saturated rings. The third-order valence-electron chi connectivity index (χ3n) is 3.21. The topological polar surface area (TPSA) is 38.7 Å². The Bertz CT molecular complexity index is 671. The van der Waals surface area contributed by atoms with Crippen LogP contribution in [0.15, 0.2) is 30.3 Å². The molecule has 0 saturated carbocycles. The van der Waals surface area contributed by atoms with Crippen molar-refractivity contribution in [2.75, 3.05) is 13.2 Å². The molecular weight excluding hydrogens is 302 g/mol. The van der Waals surface area contributed by atoms with Crippen molar-refractivity contribution in [2.45, 2.75) is 6.10 Å². The second-order valence-corrected chi connectivity index (χ2v) is 4.97. The third-order valence-corrected chi connectivity index (χ3v) is 3.49. The van der Waals surface area contributed by atoms with Crippen LogP contribution in [0.1, 0.15) is 17.2 Å². The number of hydrogen-bond donors (Lipinski definition) is 1. The molecule has 0 amide bonds. The molecule has 0 aliphatic carbocycles. The van der Waals surface area contributed by atoms with Gasteiger partial charge in [-0.2, -0.15) is 0 Å². The molecule has 1 aliphatic rings. The van der Waals surface area contributed by atoms with E-state index in [0.29, 0.717) is 24.7 Å². The lowest BCUT2D eigenvalue weighted by molar-refractivity contribution is 0.169. The molecule has 21 heavy (non-hydrogen) atoms. The number of hydrogen-bond acceptors (Lipinski definition) is 3. The molecule has 1 aliphatic heterocycles. The van der Waals surface area contributed by atoms with Crippen molar-refractivity contribution in [1.29, 1.82) is 0 Å². The van der Waals surface area contributed by atoms with Crippen LogP contribution in [0.3, 0.4) is 0 Å². The third kappa shape index (κ3) is 2.54. The van der Waals surface area contributed by atoms with Crippen molar-refractivity contribution in [3.8, 4) is 11.5 Å². The molecule has 3 nitrogen and oxygen atoms in total. The summed E-state index contributed by atoms with van der Waals surface area (Å²) in [4.78, 5) is 0. The van der Waals surface area contributed by atoms with E-state index in [2.05, 4.69) is 0 Å². The van der Waals surface area contributed by atoms with Crippen LogP contribution in [0.5, 0.6) is 11.5 Å². The molecule has 2 aromatic carbocycles. The molecule has 0 bridgehead atoms. The molecule has 0 spiro atoms.